The minimum absolute atomic E-state index is 0.0925. The fourth-order valence-corrected chi connectivity index (χ4v) is 1.99. The number of hydrogen-bond donors (Lipinski definition) is 0. The summed E-state index contributed by atoms with van der Waals surface area (Å²) in [5, 5.41) is 11.0. The lowest BCUT2D eigenvalue weighted by atomic mass is 10.1. The predicted molar refractivity (Wildman–Crippen MR) is 80.4 cm³/mol. The monoisotopic (exact) mass is 301 g/mol. The maximum Gasteiger partial charge on any atom is 0.283 e. The molecule has 0 atom stereocenters. The molecular weight excluding hydrogens is 286 g/mol. The Morgan fingerprint density at radius 2 is 1.86 bits per heavy atom. The van der Waals surface area contributed by atoms with Crippen molar-refractivity contribution >= 4 is 12.0 Å². The highest BCUT2D eigenvalue weighted by Crippen LogP contribution is 2.36. The molecule has 0 aliphatic heterocycles. The lowest BCUT2D eigenvalue weighted by Gasteiger charge is -2.13. The number of rotatable bonds is 7. The van der Waals surface area contributed by atoms with Crippen LogP contribution in [-0.2, 0) is 6.61 Å². The van der Waals surface area contributed by atoms with Crippen LogP contribution in [0.1, 0.15) is 22.8 Å². The topological polar surface area (TPSA) is 78.7 Å². The molecule has 0 unspecified atom stereocenters. The molecule has 0 saturated carbocycles. The fraction of sp³-hybridized carbons (Fsp3) is 0.188. The van der Waals surface area contributed by atoms with Crippen molar-refractivity contribution in [3.8, 4) is 11.5 Å². The maximum atomic E-state index is 11.3. The van der Waals surface area contributed by atoms with Gasteiger partial charge >= 0.3 is 0 Å². The Bertz CT molecular complexity index is 670. The molecule has 6 nitrogen and oxygen atoms in total. The van der Waals surface area contributed by atoms with Crippen LogP contribution in [0.5, 0.6) is 11.5 Å². The predicted octanol–water partition coefficient (Wildman–Crippen LogP) is 3.39. The zero-order valence-electron chi connectivity index (χ0n) is 12.0. The Hall–Kier alpha value is -2.89. The van der Waals surface area contributed by atoms with Crippen molar-refractivity contribution in [1.82, 2.24) is 0 Å². The maximum absolute atomic E-state index is 11.3. The number of nitro benzene ring substituents is 1. The quantitative estimate of drug-likeness (QED) is 0.445. The van der Waals surface area contributed by atoms with E-state index in [9.17, 15) is 14.9 Å². The van der Waals surface area contributed by atoms with E-state index in [1.807, 2.05) is 30.3 Å². The van der Waals surface area contributed by atoms with E-state index in [0.29, 0.717) is 18.6 Å². The number of benzene rings is 2. The van der Waals surface area contributed by atoms with Gasteiger partial charge in [-0.15, -0.1) is 0 Å². The highest BCUT2D eigenvalue weighted by Gasteiger charge is 2.22. The molecule has 0 N–H and O–H groups in total. The molecule has 2 aromatic carbocycles. The van der Waals surface area contributed by atoms with Crippen molar-refractivity contribution in [2.45, 2.75) is 13.5 Å². The second-order valence-electron chi connectivity index (χ2n) is 4.41. The van der Waals surface area contributed by atoms with Gasteiger partial charge in [0.25, 0.3) is 5.69 Å². The van der Waals surface area contributed by atoms with Gasteiger partial charge in [-0.2, -0.15) is 0 Å². The summed E-state index contributed by atoms with van der Waals surface area (Å²) in [4.78, 5) is 21.7. The largest absolute Gasteiger partial charge is 0.490 e. The summed E-state index contributed by atoms with van der Waals surface area (Å²) in [5.41, 5.74) is 0.460. The number of aldehydes is 1. The highest BCUT2D eigenvalue weighted by molar-refractivity contribution is 5.87. The molecular formula is C16H15NO5. The van der Waals surface area contributed by atoms with Gasteiger partial charge in [-0.3, -0.25) is 14.9 Å². The van der Waals surface area contributed by atoms with Crippen LogP contribution in [0, 0.1) is 10.1 Å². The minimum Gasteiger partial charge on any atom is -0.490 e. The van der Waals surface area contributed by atoms with E-state index < -0.39 is 4.92 Å². The summed E-state index contributed by atoms with van der Waals surface area (Å²) in [6.45, 7) is 2.32. The van der Waals surface area contributed by atoms with Gasteiger partial charge in [0.2, 0.25) is 0 Å². The number of carbonyl (C=O) groups is 1. The van der Waals surface area contributed by atoms with Gasteiger partial charge in [-0.05, 0) is 18.6 Å². The first-order valence-corrected chi connectivity index (χ1v) is 6.73. The van der Waals surface area contributed by atoms with E-state index in [1.165, 1.54) is 12.1 Å². The van der Waals surface area contributed by atoms with Gasteiger partial charge in [0.05, 0.1) is 11.5 Å². The molecule has 22 heavy (non-hydrogen) atoms. The van der Waals surface area contributed by atoms with Crippen molar-refractivity contribution < 1.29 is 19.2 Å². The normalized spacial score (nSPS) is 10.0. The van der Waals surface area contributed by atoms with Gasteiger partial charge in [0, 0.05) is 6.07 Å². The van der Waals surface area contributed by atoms with E-state index in [4.69, 9.17) is 9.47 Å². The number of nitro groups is 1. The van der Waals surface area contributed by atoms with Gasteiger partial charge in [-0.1, -0.05) is 30.3 Å². The smallest absolute Gasteiger partial charge is 0.283 e. The van der Waals surface area contributed by atoms with Crippen molar-refractivity contribution in [2.75, 3.05) is 6.61 Å². The van der Waals surface area contributed by atoms with E-state index in [1.54, 1.807) is 6.92 Å². The summed E-state index contributed by atoms with van der Waals surface area (Å²) < 4.78 is 11.0. The average Bonchev–Trinajstić information content (AvgIpc) is 2.54. The summed E-state index contributed by atoms with van der Waals surface area (Å²) in [6.07, 6.45) is 0.418. The van der Waals surface area contributed by atoms with Gasteiger partial charge in [0.15, 0.2) is 17.8 Å². The van der Waals surface area contributed by atoms with Crippen LogP contribution in [0.2, 0.25) is 0 Å². The van der Waals surface area contributed by atoms with Crippen molar-refractivity contribution in [1.29, 1.82) is 0 Å². The standard InChI is InChI=1S/C16H15NO5/c1-2-21-15-9-8-14(17(19)20)13(10-18)16(15)22-11-12-6-4-3-5-7-12/h3-10H,2,11H2,1H3. The lowest BCUT2D eigenvalue weighted by molar-refractivity contribution is -0.385. The lowest BCUT2D eigenvalue weighted by Crippen LogP contribution is -2.05. The Morgan fingerprint density at radius 3 is 2.45 bits per heavy atom. The van der Waals surface area contributed by atoms with Gasteiger partial charge in [0.1, 0.15) is 12.2 Å². The van der Waals surface area contributed by atoms with E-state index >= 15 is 0 Å². The van der Waals surface area contributed by atoms with Crippen LogP contribution < -0.4 is 9.47 Å². The average molecular weight is 301 g/mol. The number of ether oxygens (including phenoxy) is 2. The van der Waals surface area contributed by atoms with E-state index in [2.05, 4.69) is 0 Å². The summed E-state index contributed by atoms with van der Waals surface area (Å²) in [5.74, 6) is 0.404. The molecule has 0 spiro atoms. The van der Waals surface area contributed by atoms with Crippen LogP contribution in [-0.4, -0.2) is 17.8 Å². The van der Waals surface area contributed by atoms with Gasteiger partial charge in [-0.25, -0.2) is 0 Å². The zero-order valence-corrected chi connectivity index (χ0v) is 12.0. The Labute approximate surface area is 127 Å². The summed E-state index contributed by atoms with van der Waals surface area (Å²) in [6, 6.07) is 12.0. The first-order valence-electron chi connectivity index (χ1n) is 6.73. The number of hydrogen-bond acceptors (Lipinski definition) is 5. The van der Waals surface area contributed by atoms with Crippen molar-refractivity contribution in [3.05, 3.63) is 63.7 Å². The third-order valence-corrected chi connectivity index (χ3v) is 2.98. The van der Waals surface area contributed by atoms with Crippen LogP contribution >= 0.6 is 0 Å². The van der Waals surface area contributed by atoms with Crippen LogP contribution in [0.25, 0.3) is 0 Å². The Kier molecular flexibility index (Phi) is 5.08. The van der Waals surface area contributed by atoms with Gasteiger partial charge < -0.3 is 9.47 Å². The van der Waals surface area contributed by atoms with E-state index in [0.717, 1.165) is 5.56 Å². The first kappa shape index (κ1) is 15.5. The second kappa shape index (κ2) is 7.21. The summed E-state index contributed by atoms with van der Waals surface area (Å²) >= 11 is 0. The molecule has 0 bridgehead atoms. The van der Waals surface area contributed by atoms with Crippen LogP contribution in [0.15, 0.2) is 42.5 Å². The van der Waals surface area contributed by atoms with Crippen molar-refractivity contribution in [3.63, 3.8) is 0 Å². The second-order valence-corrected chi connectivity index (χ2v) is 4.41. The van der Waals surface area contributed by atoms with Crippen LogP contribution in [0.3, 0.4) is 0 Å². The Balaban J connectivity index is 2.38. The Morgan fingerprint density at radius 1 is 1.14 bits per heavy atom. The molecule has 0 saturated heterocycles. The third kappa shape index (κ3) is 3.41. The molecule has 6 heteroatoms. The fourth-order valence-electron chi connectivity index (χ4n) is 1.99. The highest BCUT2D eigenvalue weighted by atomic mass is 16.6. The van der Waals surface area contributed by atoms with E-state index in [-0.39, 0.29) is 23.6 Å². The molecule has 0 heterocycles. The minimum atomic E-state index is -0.616. The first-order chi connectivity index (χ1) is 10.7. The molecule has 0 fully saturated rings. The number of carbonyl (C=O) groups excluding carboxylic acids is 1. The molecule has 2 rings (SSSR count). The third-order valence-electron chi connectivity index (χ3n) is 2.98. The molecule has 0 radical (unpaired) electrons. The molecule has 2 aromatic rings. The zero-order chi connectivity index (χ0) is 15.9. The molecule has 0 aliphatic rings. The molecule has 0 amide bonds. The molecule has 0 aromatic heterocycles. The van der Waals surface area contributed by atoms with Crippen LogP contribution in [0.4, 0.5) is 5.69 Å². The molecule has 0 aliphatic carbocycles. The number of nitrogens with zero attached hydrogens (tertiary/aromatic N) is 1. The SMILES string of the molecule is CCOc1ccc([N+](=O)[O-])c(C=O)c1OCc1ccccc1. The van der Waals surface area contributed by atoms with Crippen molar-refractivity contribution in [2.24, 2.45) is 0 Å². The molecule has 114 valence electrons. The summed E-state index contributed by atoms with van der Waals surface area (Å²) in [7, 11) is 0.